The van der Waals surface area contributed by atoms with Gasteiger partial charge in [0.15, 0.2) is 0 Å². The van der Waals surface area contributed by atoms with E-state index in [9.17, 15) is 4.79 Å². The minimum Gasteiger partial charge on any atom is -0.489 e. The van der Waals surface area contributed by atoms with Gasteiger partial charge in [-0.15, -0.1) is 0 Å². The summed E-state index contributed by atoms with van der Waals surface area (Å²) in [6, 6.07) is 39.1. The maximum Gasteiger partial charge on any atom is 0.319 e. The fraction of sp³-hybridized carbons (Fsp3) is 0.194. The van der Waals surface area contributed by atoms with E-state index in [2.05, 4.69) is 77.7 Å². The predicted molar refractivity (Wildman–Crippen MR) is 139 cm³/mol. The molecular weight excluding hydrogens is 434 g/mol. The van der Waals surface area contributed by atoms with Gasteiger partial charge < -0.3 is 9.47 Å². The summed E-state index contributed by atoms with van der Waals surface area (Å²) in [6.07, 6.45) is 0. The fourth-order valence-electron chi connectivity index (χ4n) is 4.15. The first-order chi connectivity index (χ1) is 17.2. The number of carbonyl (C=O) groups excluding carboxylic acids is 1. The monoisotopic (exact) mass is 465 g/mol. The molecule has 0 N–H and O–H groups in total. The number of benzene rings is 4. The van der Waals surface area contributed by atoms with Crippen molar-refractivity contribution in [3.8, 4) is 5.75 Å². The van der Waals surface area contributed by atoms with Crippen molar-refractivity contribution in [3.63, 3.8) is 0 Å². The summed E-state index contributed by atoms with van der Waals surface area (Å²) in [7, 11) is 1.44. The van der Waals surface area contributed by atoms with Crippen molar-refractivity contribution >= 4 is 5.97 Å². The highest BCUT2D eigenvalue weighted by atomic mass is 16.5. The van der Waals surface area contributed by atoms with Gasteiger partial charge in [0, 0.05) is 19.0 Å². The topological polar surface area (TPSA) is 38.8 Å². The first-order valence-electron chi connectivity index (χ1n) is 11.9. The van der Waals surface area contributed by atoms with Crippen molar-refractivity contribution in [2.75, 3.05) is 20.2 Å². The van der Waals surface area contributed by atoms with Gasteiger partial charge in [0.2, 0.25) is 0 Å². The average molecular weight is 466 g/mol. The van der Waals surface area contributed by atoms with Crippen molar-refractivity contribution in [2.24, 2.45) is 0 Å². The van der Waals surface area contributed by atoms with Crippen molar-refractivity contribution in [1.82, 2.24) is 4.90 Å². The summed E-state index contributed by atoms with van der Waals surface area (Å²) in [5.74, 6) is 0.715. The molecule has 4 heteroatoms. The number of hydrogen-bond donors (Lipinski definition) is 0. The lowest BCUT2D eigenvalue weighted by molar-refractivity contribution is -0.142. The number of nitrogens with zero attached hydrogens (tertiary/aromatic N) is 1. The maximum atomic E-state index is 12.3. The molecule has 0 aliphatic rings. The Kier molecular flexibility index (Phi) is 8.68. The highest BCUT2D eigenvalue weighted by Gasteiger charge is 2.20. The Morgan fingerprint density at radius 2 is 1.26 bits per heavy atom. The molecule has 0 fully saturated rings. The van der Waals surface area contributed by atoms with Gasteiger partial charge in [-0.2, -0.15) is 0 Å². The molecule has 4 nitrogen and oxygen atoms in total. The van der Waals surface area contributed by atoms with E-state index in [0.29, 0.717) is 19.7 Å². The fourth-order valence-corrected chi connectivity index (χ4v) is 4.15. The zero-order valence-electron chi connectivity index (χ0n) is 20.0. The number of rotatable bonds is 11. The lowest BCUT2D eigenvalue weighted by Gasteiger charge is -2.27. The smallest absolute Gasteiger partial charge is 0.319 e. The molecule has 0 unspecified atom stereocenters. The number of esters is 1. The van der Waals surface area contributed by atoms with Crippen LogP contribution in [-0.2, 0) is 22.7 Å². The third-order valence-corrected chi connectivity index (χ3v) is 6.00. The summed E-state index contributed by atoms with van der Waals surface area (Å²) in [5, 5.41) is 0. The number of ether oxygens (including phenoxy) is 2. The van der Waals surface area contributed by atoms with Crippen LogP contribution < -0.4 is 4.74 Å². The second-order valence-electron chi connectivity index (χ2n) is 8.54. The van der Waals surface area contributed by atoms with E-state index in [1.54, 1.807) is 0 Å². The van der Waals surface area contributed by atoms with Crippen molar-refractivity contribution < 1.29 is 14.3 Å². The van der Waals surface area contributed by atoms with Crippen LogP contribution >= 0.6 is 0 Å². The summed E-state index contributed by atoms with van der Waals surface area (Å²) in [5.41, 5.74) is 4.69. The Hall–Kier alpha value is -3.89. The van der Waals surface area contributed by atoms with Crippen LogP contribution in [0.1, 0.15) is 28.2 Å². The third kappa shape index (κ3) is 7.29. The van der Waals surface area contributed by atoms with E-state index < -0.39 is 0 Å². The lowest BCUT2D eigenvalue weighted by Crippen LogP contribution is -2.34. The zero-order chi connectivity index (χ0) is 24.3. The van der Waals surface area contributed by atoms with E-state index in [0.717, 1.165) is 16.9 Å². The van der Waals surface area contributed by atoms with E-state index in [1.165, 1.54) is 18.2 Å². The molecule has 0 aliphatic carbocycles. The highest BCUT2D eigenvalue weighted by molar-refractivity contribution is 5.71. The predicted octanol–water partition coefficient (Wildman–Crippen LogP) is 6.07. The van der Waals surface area contributed by atoms with Crippen molar-refractivity contribution in [2.45, 2.75) is 19.1 Å². The minimum atomic E-state index is -0.243. The molecule has 4 aromatic rings. The van der Waals surface area contributed by atoms with Gasteiger partial charge in [-0.1, -0.05) is 103 Å². The van der Waals surface area contributed by atoms with Crippen LogP contribution in [0.5, 0.6) is 5.75 Å². The molecule has 0 bridgehead atoms. The standard InChI is InChI=1S/C31H31NO3/c1-34-31(33)23-32(22-30(27-13-7-3-8-14-27)28-15-9-4-10-16-28)21-25-17-19-29(20-18-25)35-24-26-11-5-2-6-12-26/h2-20,30H,21-24H2,1H3. The van der Waals surface area contributed by atoms with Crippen molar-refractivity contribution in [1.29, 1.82) is 0 Å². The van der Waals surface area contributed by atoms with Gasteiger partial charge >= 0.3 is 5.97 Å². The molecule has 0 radical (unpaired) electrons. The lowest BCUT2D eigenvalue weighted by atomic mass is 9.90. The van der Waals surface area contributed by atoms with Crippen LogP contribution in [0.15, 0.2) is 115 Å². The second kappa shape index (κ2) is 12.5. The Labute approximate surface area is 207 Å². The molecule has 0 aliphatic heterocycles. The molecule has 0 aromatic heterocycles. The van der Waals surface area contributed by atoms with Crippen LogP contribution in [0.3, 0.4) is 0 Å². The van der Waals surface area contributed by atoms with Crippen molar-refractivity contribution in [3.05, 3.63) is 138 Å². The Morgan fingerprint density at radius 3 is 1.80 bits per heavy atom. The first kappa shape index (κ1) is 24.2. The SMILES string of the molecule is COC(=O)CN(Cc1ccc(OCc2ccccc2)cc1)CC(c1ccccc1)c1ccccc1. The van der Waals surface area contributed by atoms with E-state index >= 15 is 0 Å². The van der Waals surface area contributed by atoms with E-state index in [4.69, 9.17) is 9.47 Å². The average Bonchev–Trinajstić information content (AvgIpc) is 2.92. The quantitative estimate of drug-likeness (QED) is 0.252. The van der Waals surface area contributed by atoms with Crippen LogP contribution in [0.25, 0.3) is 0 Å². The van der Waals surface area contributed by atoms with E-state index in [-0.39, 0.29) is 18.4 Å². The summed E-state index contributed by atoms with van der Waals surface area (Å²) in [4.78, 5) is 14.4. The summed E-state index contributed by atoms with van der Waals surface area (Å²) >= 11 is 0. The van der Waals surface area contributed by atoms with E-state index in [1.807, 2.05) is 42.5 Å². The van der Waals surface area contributed by atoms with Gasteiger partial charge in [0.1, 0.15) is 12.4 Å². The molecule has 0 saturated carbocycles. The molecule has 0 heterocycles. The van der Waals surface area contributed by atoms with Crippen LogP contribution in [0, 0.1) is 0 Å². The first-order valence-corrected chi connectivity index (χ1v) is 11.9. The summed E-state index contributed by atoms with van der Waals surface area (Å²) < 4.78 is 10.9. The molecule has 0 saturated heterocycles. The van der Waals surface area contributed by atoms with Gasteiger partial charge in [-0.3, -0.25) is 9.69 Å². The largest absolute Gasteiger partial charge is 0.489 e. The Morgan fingerprint density at radius 1 is 0.714 bits per heavy atom. The molecule has 4 rings (SSSR count). The van der Waals surface area contributed by atoms with Crippen LogP contribution in [0.4, 0.5) is 0 Å². The molecular formula is C31H31NO3. The minimum absolute atomic E-state index is 0.135. The number of methoxy groups -OCH3 is 1. The maximum absolute atomic E-state index is 12.3. The molecule has 0 amide bonds. The van der Waals surface area contributed by atoms with Gasteiger partial charge in [0.25, 0.3) is 0 Å². The summed E-state index contributed by atoms with van der Waals surface area (Å²) in [6.45, 7) is 2.07. The normalized spacial score (nSPS) is 10.9. The Bertz CT molecular complexity index is 1120. The van der Waals surface area contributed by atoms with Crippen LogP contribution in [0.2, 0.25) is 0 Å². The van der Waals surface area contributed by atoms with Gasteiger partial charge in [-0.05, 0) is 34.4 Å². The van der Waals surface area contributed by atoms with Crippen LogP contribution in [-0.4, -0.2) is 31.1 Å². The number of hydrogen-bond acceptors (Lipinski definition) is 4. The highest BCUT2D eigenvalue weighted by Crippen LogP contribution is 2.26. The molecule has 35 heavy (non-hydrogen) atoms. The molecule has 0 spiro atoms. The van der Waals surface area contributed by atoms with Gasteiger partial charge in [0.05, 0.1) is 13.7 Å². The Balaban J connectivity index is 1.48. The molecule has 178 valence electrons. The molecule has 0 atom stereocenters. The second-order valence-corrected chi connectivity index (χ2v) is 8.54. The zero-order valence-corrected chi connectivity index (χ0v) is 20.0. The van der Waals surface area contributed by atoms with Gasteiger partial charge in [-0.25, -0.2) is 0 Å². The molecule has 4 aromatic carbocycles. The third-order valence-electron chi connectivity index (χ3n) is 6.00. The number of carbonyl (C=O) groups is 1.